The summed E-state index contributed by atoms with van der Waals surface area (Å²) in [5.74, 6) is 1.16. The molecule has 1 heterocycles. The Morgan fingerprint density at radius 2 is 1.93 bits per heavy atom. The van der Waals surface area contributed by atoms with Gasteiger partial charge >= 0.3 is 0 Å². The second-order valence-electron chi connectivity index (χ2n) is 8.27. The Labute approximate surface area is 167 Å². The number of aryl methyl sites for hydroxylation is 1. The zero-order valence-corrected chi connectivity index (χ0v) is 17.4. The van der Waals surface area contributed by atoms with E-state index in [1.807, 2.05) is 6.07 Å². The van der Waals surface area contributed by atoms with Crippen molar-refractivity contribution in [2.24, 2.45) is 11.8 Å². The molecule has 0 spiro atoms. The molecule has 0 radical (unpaired) electrons. The number of hydrogen-bond acceptors (Lipinski definition) is 5. The molecule has 8 heteroatoms. The molecule has 0 amide bonds. The molecular weight excluding hydrogens is 378 g/mol. The molecule has 1 unspecified atom stereocenters. The third kappa shape index (κ3) is 5.75. The molecule has 1 aromatic rings. The van der Waals surface area contributed by atoms with Gasteiger partial charge in [0, 0.05) is 25.2 Å². The van der Waals surface area contributed by atoms with Crippen LogP contribution in [-0.4, -0.2) is 50.1 Å². The van der Waals surface area contributed by atoms with Gasteiger partial charge in [0.1, 0.15) is 0 Å². The lowest BCUT2D eigenvalue weighted by atomic mass is 9.81. The second-order valence-corrected chi connectivity index (χ2v) is 10.3. The fraction of sp³-hybridized carbons (Fsp3) is 0.700. The van der Waals surface area contributed by atoms with Crippen molar-refractivity contribution < 1.29 is 13.3 Å². The first-order valence-electron chi connectivity index (χ1n) is 10.2. The predicted molar refractivity (Wildman–Crippen MR) is 110 cm³/mol. The predicted octanol–water partition coefficient (Wildman–Crippen LogP) is 2.74. The fourth-order valence-corrected chi connectivity index (χ4v) is 5.32. The minimum Gasteiger partial charge on any atom is -0.316 e. The highest BCUT2D eigenvalue weighted by atomic mass is 32.2. The first-order valence-corrected chi connectivity index (χ1v) is 12.1. The average molecular weight is 410 g/mol. The third-order valence-electron chi connectivity index (χ3n) is 6.17. The van der Waals surface area contributed by atoms with E-state index in [2.05, 4.69) is 5.32 Å². The standard InChI is InChI=1S/C20H31N3O4S/c1-28(26,27)22-11-8-17(9-12-22)15-21-10-2-3-16-4-5-18-6-7-20(23(24)25)14-19(18)13-16/h6-7,14,16-17,21H,2-5,8-13,15H2,1H3. The highest BCUT2D eigenvalue weighted by Gasteiger charge is 2.24. The molecule has 1 N–H and O–H groups in total. The number of nitro groups is 1. The summed E-state index contributed by atoms with van der Waals surface area (Å²) in [6, 6.07) is 5.28. The van der Waals surface area contributed by atoms with Crippen LogP contribution in [0.2, 0.25) is 0 Å². The summed E-state index contributed by atoms with van der Waals surface area (Å²) in [6.45, 7) is 3.21. The summed E-state index contributed by atoms with van der Waals surface area (Å²) in [5, 5.41) is 14.5. The van der Waals surface area contributed by atoms with Crippen molar-refractivity contribution in [2.75, 3.05) is 32.4 Å². The largest absolute Gasteiger partial charge is 0.316 e. The van der Waals surface area contributed by atoms with Gasteiger partial charge in [-0.1, -0.05) is 6.07 Å². The molecule has 1 aromatic carbocycles. The van der Waals surface area contributed by atoms with Crippen LogP contribution in [0.4, 0.5) is 5.69 Å². The SMILES string of the molecule is CS(=O)(=O)N1CCC(CNCCCC2CCc3ccc([N+](=O)[O-])cc3C2)CC1. The van der Waals surface area contributed by atoms with E-state index in [1.165, 1.54) is 11.8 Å². The molecule has 7 nitrogen and oxygen atoms in total. The number of nitro benzene ring substituents is 1. The van der Waals surface area contributed by atoms with Crippen LogP contribution in [0.3, 0.4) is 0 Å². The summed E-state index contributed by atoms with van der Waals surface area (Å²) >= 11 is 0. The van der Waals surface area contributed by atoms with E-state index in [0.29, 0.717) is 24.9 Å². The zero-order valence-electron chi connectivity index (χ0n) is 16.6. The molecule has 3 rings (SSSR count). The van der Waals surface area contributed by atoms with Gasteiger partial charge in [0.25, 0.3) is 5.69 Å². The van der Waals surface area contributed by atoms with E-state index < -0.39 is 10.0 Å². The van der Waals surface area contributed by atoms with Gasteiger partial charge in [-0.3, -0.25) is 10.1 Å². The lowest BCUT2D eigenvalue weighted by molar-refractivity contribution is -0.384. The van der Waals surface area contributed by atoms with Gasteiger partial charge in [-0.15, -0.1) is 0 Å². The van der Waals surface area contributed by atoms with Crippen molar-refractivity contribution in [3.8, 4) is 0 Å². The minimum atomic E-state index is -3.04. The lowest BCUT2D eigenvalue weighted by Crippen LogP contribution is -2.40. The van der Waals surface area contributed by atoms with Gasteiger partial charge in [0.2, 0.25) is 10.0 Å². The highest BCUT2D eigenvalue weighted by molar-refractivity contribution is 7.88. The number of non-ortho nitro benzene ring substituents is 1. The van der Waals surface area contributed by atoms with Gasteiger partial charge in [0.15, 0.2) is 0 Å². The van der Waals surface area contributed by atoms with Crippen molar-refractivity contribution in [1.29, 1.82) is 0 Å². The van der Waals surface area contributed by atoms with E-state index in [9.17, 15) is 18.5 Å². The summed E-state index contributed by atoms with van der Waals surface area (Å²) < 4.78 is 24.7. The van der Waals surface area contributed by atoms with Crippen LogP contribution >= 0.6 is 0 Å². The number of sulfonamides is 1. The number of nitrogens with zero attached hydrogens (tertiary/aromatic N) is 2. The Hall–Kier alpha value is -1.51. The van der Waals surface area contributed by atoms with Crippen LogP contribution in [0.1, 0.15) is 43.2 Å². The first-order chi connectivity index (χ1) is 13.3. The molecule has 1 aliphatic heterocycles. The van der Waals surface area contributed by atoms with Gasteiger partial charge in [-0.05, 0) is 81.0 Å². The van der Waals surface area contributed by atoms with E-state index in [0.717, 1.165) is 63.6 Å². The van der Waals surface area contributed by atoms with Gasteiger partial charge < -0.3 is 5.32 Å². The Kier molecular flexibility index (Phi) is 7.06. The zero-order chi connectivity index (χ0) is 20.1. The quantitative estimate of drug-likeness (QED) is 0.405. The molecule has 1 aliphatic carbocycles. The molecule has 1 atom stereocenters. The maximum atomic E-state index is 11.5. The first kappa shape index (κ1) is 21.2. The van der Waals surface area contributed by atoms with Gasteiger partial charge in [0.05, 0.1) is 11.2 Å². The van der Waals surface area contributed by atoms with Crippen LogP contribution in [-0.2, 0) is 22.9 Å². The summed E-state index contributed by atoms with van der Waals surface area (Å²) in [4.78, 5) is 10.7. The lowest BCUT2D eigenvalue weighted by Gasteiger charge is -2.30. The Balaban J connectivity index is 1.33. The van der Waals surface area contributed by atoms with E-state index in [1.54, 1.807) is 16.4 Å². The Bertz CT molecular complexity index is 789. The van der Waals surface area contributed by atoms with Crippen LogP contribution in [0.15, 0.2) is 18.2 Å². The number of nitrogens with one attached hydrogen (secondary N) is 1. The Morgan fingerprint density at radius 1 is 1.18 bits per heavy atom. The molecule has 1 saturated heterocycles. The minimum absolute atomic E-state index is 0.197. The smallest absolute Gasteiger partial charge is 0.269 e. The average Bonchev–Trinajstić information content (AvgIpc) is 2.66. The molecule has 1 fully saturated rings. The molecule has 28 heavy (non-hydrogen) atoms. The number of hydrogen-bond donors (Lipinski definition) is 1. The number of benzene rings is 1. The van der Waals surface area contributed by atoms with Crippen LogP contribution in [0, 0.1) is 22.0 Å². The van der Waals surface area contributed by atoms with E-state index in [-0.39, 0.29) is 10.6 Å². The summed E-state index contributed by atoms with van der Waals surface area (Å²) in [7, 11) is -3.04. The van der Waals surface area contributed by atoms with Crippen molar-refractivity contribution in [1.82, 2.24) is 9.62 Å². The highest BCUT2D eigenvalue weighted by Crippen LogP contribution is 2.30. The van der Waals surface area contributed by atoms with Crippen molar-refractivity contribution in [3.05, 3.63) is 39.4 Å². The molecule has 2 aliphatic rings. The maximum absolute atomic E-state index is 11.5. The van der Waals surface area contributed by atoms with Crippen molar-refractivity contribution >= 4 is 15.7 Å². The normalized spacial score (nSPS) is 21.4. The van der Waals surface area contributed by atoms with Gasteiger partial charge in [-0.25, -0.2) is 12.7 Å². The third-order valence-corrected chi connectivity index (χ3v) is 7.48. The van der Waals surface area contributed by atoms with Crippen LogP contribution in [0.5, 0.6) is 0 Å². The molecule has 0 aromatic heterocycles. The van der Waals surface area contributed by atoms with Crippen LogP contribution < -0.4 is 5.32 Å². The number of piperidine rings is 1. The van der Waals surface area contributed by atoms with Crippen molar-refractivity contribution in [2.45, 2.75) is 44.9 Å². The monoisotopic (exact) mass is 409 g/mol. The molecule has 0 bridgehead atoms. The summed E-state index contributed by atoms with van der Waals surface area (Å²) in [5.41, 5.74) is 2.61. The maximum Gasteiger partial charge on any atom is 0.269 e. The number of rotatable bonds is 8. The Morgan fingerprint density at radius 3 is 2.61 bits per heavy atom. The van der Waals surface area contributed by atoms with Crippen LogP contribution in [0.25, 0.3) is 0 Å². The molecule has 156 valence electrons. The van der Waals surface area contributed by atoms with E-state index >= 15 is 0 Å². The number of fused-ring (bicyclic) bond motifs is 1. The van der Waals surface area contributed by atoms with Crippen molar-refractivity contribution in [3.63, 3.8) is 0 Å². The topological polar surface area (TPSA) is 92.6 Å². The molecular formula is C20H31N3O4S. The molecule has 0 saturated carbocycles. The summed E-state index contributed by atoms with van der Waals surface area (Å²) in [6.07, 6.45) is 8.52. The van der Waals surface area contributed by atoms with Gasteiger partial charge in [-0.2, -0.15) is 0 Å². The fourth-order valence-electron chi connectivity index (χ4n) is 4.45. The van der Waals surface area contributed by atoms with E-state index in [4.69, 9.17) is 0 Å². The second kappa shape index (κ2) is 9.33.